The van der Waals surface area contributed by atoms with E-state index in [4.69, 9.17) is 4.74 Å². The number of carbonyl (C=O) groups is 1. The fourth-order valence-electron chi connectivity index (χ4n) is 2.17. The number of carbonyl (C=O) groups excluding carboxylic acids is 1. The number of rotatable bonds is 6. The zero-order chi connectivity index (χ0) is 17.2. The predicted octanol–water partition coefficient (Wildman–Crippen LogP) is 4.95. The lowest BCUT2D eigenvalue weighted by atomic mass is 10.1. The number of benzene rings is 1. The molecule has 0 saturated carbocycles. The summed E-state index contributed by atoms with van der Waals surface area (Å²) in [5.74, 6) is 0.319. The van der Waals surface area contributed by atoms with Crippen LogP contribution in [-0.2, 0) is 3.93 Å². The largest absolute Gasteiger partial charge is 0.496 e. The van der Waals surface area contributed by atoms with Crippen molar-refractivity contribution in [3.8, 4) is 11.4 Å². The molecule has 4 nitrogen and oxygen atoms in total. The molecule has 0 fully saturated rings. The fourth-order valence-corrected chi connectivity index (χ4v) is 3.41. The lowest BCUT2D eigenvalue weighted by molar-refractivity contribution is 0.0949. The summed E-state index contributed by atoms with van der Waals surface area (Å²) in [4.78, 5) is 12.1. The van der Waals surface area contributed by atoms with Crippen LogP contribution < -0.4 is 4.74 Å². The number of hydrogen-bond donors (Lipinski definition) is 0. The van der Waals surface area contributed by atoms with Crippen LogP contribution in [0.2, 0.25) is 0 Å². The first-order valence-corrected chi connectivity index (χ1v) is 8.97. The molecule has 0 spiro atoms. The van der Waals surface area contributed by atoms with E-state index in [1.165, 1.54) is 13.3 Å². The van der Waals surface area contributed by atoms with Gasteiger partial charge in [0.2, 0.25) is 0 Å². The molecule has 1 heterocycles. The summed E-state index contributed by atoms with van der Waals surface area (Å²) in [7, 11) is 1.54. The van der Waals surface area contributed by atoms with Crippen molar-refractivity contribution in [1.29, 1.82) is 0 Å². The average Bonchev–Trinajstić information content (AvgIpc) is 2.92. The fraction of sp³-hybridized carbons (Fsp3) is 0.333. The average molecular weight is 546 g/mol. The van der Waals surface area contributed by atoms with Crippen molar-refractivity contribution in [2.75, 3.05) is 7.11 Å². The maximum Gasteiger partial charge on any atom is 0.338 e. The van der Waals surface area contributed by atoms with Crippen molar-refractivity contribution in [2.24, 2.45) is 0 Å². The third kappa shape index (κ3) is 4.01. The van der Waals surface area contributed by atoms with E-state index in [1.54, 1.807) is 18.2 Å². The van der Waals surface area contributed by atoms with Gasteiger partial charge in [-0.1, -0.05) is 6.92 Å². The number of methoxy groups -OCH3 is 1. The summed E-state index contributed by atoms with van der Waals surface area (Å²) in [5.41, 5.74) is 0.0340. The van der Waals surface area contributed by atoms with E-state index in [0.717, 1.165) is 30.8 Å². The Morgan fingerprint density at radius 1 is 1.43 bits per heavy atom. The number of ketones is 1. The number of aromatic nitrogens is 2. The van der Waals surface area contributed by atoms with Crippen LogP contribution in [-0.4, -0.2) is 22.7 Å². The molecule has 0 unspecified atom stereocenters. The van der Waals surface area contributed by atoms with Gasteiger partial charge < -0.3 is 4.74 Å². The lowest BCUT2D eigenvalue weighted by Crippen LogP contribution is -2.16. The molecule has 0 aliphatic carbocycles. The number of nitrogens with zero attached hydrogens (tertiary/aromatic N) is 2. The van der Waals surface area contributed by atoms with E-state index in [9.17, 15) is 13.6 Å². The molecule has 0 N–H and O–H groups in total. The monoisotopic (exact) mass is 546 g/mol. The highest BCUT2D eigenvalue weighted by Crippen LogP contribution is 2.39. The Morgan fingerprint density at radius 2 is 2.13 bits per heavy atom. The number of Topliss-reactive ketones (excluding diaryl/α,β-unsaturated/α-hetero) is 1. The van der Waals surface area contributed by atoms with Crippen LogP contribution >= 0.6 is 45.2 Å². The maximum atomic E-state index is 14.1. The van der Waals surface area contributed by atoms with Gasteiger partial charge in [0, 0.05) is 29.0 Å². The second kappa shape index (κ2) is 7.41. The molecule has 8 heteroatoms. The molecule has 2 aromatic rings. The van der Waals surface area contributed by atoms with Gasteiger partial charge in [0.15, 0.2) is 5.78 Å². The van der Waals surface area contributed by atoms with Crippen molar-refractivity contribution in [2.45, 2.75) is 23.7 Å². The zero-order valence-corrected chi connectivity index (χ0v) is 16.8. The van der Waals surface area contributed by atoms with Gasteiger partial charge >= 0.3 is 3.93 Å². The quantitative estimate of drug-likeness (QED) is 0.293. The summed E-state index contributed by atoms with van der Waals surface area (Å²) < 4.78 is 32.0. The van der Waals surface area contributed by atoms with Crippen LogP contribution in [0, 0.1) is 3.57 Å². The van der Waals surface area contributed by atoms with E-state index in [-0.39, 0.29) is 17.8 Å². The Labute approximate surface area is 159 Å². The second-order valence-electron chi connectivity index (χ2n) is 4.81. The topological polar surface area (TPSA) is 44.1 Å². The minimum absolute atomic E-state index is 0.0305. The molecule has 0 saturated heterocycles. The molecule has 124 valence electrons. The molecular weight excluding hydrogens is 532 g/mol. The molecule has 23 heavy (non-hydrogen) atoms. The van der Waals surface area contributed by atoms with Gasteiger partial charge in [-0.25, -0.2) is 4.68 Å². The Kier molecular flexibility index (Phi) is 5.98. The SMILES string of the molecule is CCCC(=O)c1cnn(-c2ccc(OC)c(I)c2)c1C(F)(F)I. The minimum Gasteiger partial charge on any atom is -0.496 e. The van der Waals surface area contributed by atoms with Crippen molar-refractivity contribution < 1.29 is 18.3 Å². The van der Waals surface area contributed by atoms with Gasteiger partial charge in [0.05, 0.1) is 28.1 Å². The normalized spacial score (nSPS) is 11.6. The summed E-state index contributed by atoms with van der Waals surface area (Å²) in [6.07, 6.45) is 2.03. The summed E-state index contributed by atoms with van der Waals surface area (Å²) in [5, 5.41) is 4.02. The smallest absolute Gasteiger partial charge is 0.338 e. The van der Waals surface area contributed by atoms with Gasteiger partial charge in [-0.2, -0.15) is 13.9 Å². The van der Waals surface area contributed by atoms with Gasteiger partial charge in [-0.05, 0) is 47.2 Å². The molecule has 2 rings (SSSR count). The third-order valence-electron chi connectivity index (χ3n) is 3.20. The van der Waals surface area contributed by atoms with Gasteiger partial charge in [0.1, 0.15) is 11.4 Å². The minimum atomic E-state index is -3.21. The van der Waals surface area contributed by atoms with Crippen LogP contribution in [0.1, 0.15) is 35.8 Å². The second-order valence-corrected chi connectivity index (χ2v) is 7.33. The molecular formula is C15H14F2I2N2O2. The Hall–Kier alpha value is -0.780. The molecule has 1 aromatic carbocycles. The van der Waals surface area contributed by atoms with Crippen LogP contribution in [0.4, 0.5) is 8.78 Å². The number of hydrogen-bond acceptors (Lipinski definition) is 3. The van der Waals surface area contributed by atoms with Crippen molar-refractivity contribution in [1.82, 2.24) is 9.78 Å². The Balaban J connectivity index is 2.59. The van der Waals surface area contributed by atoms with Crippen LogP contribution in [0.3, 0.4) is 0 Å². The first-order chi connectivity index (χ1) is 10.8. The molecule has 0 bridgehead atoms. The maximum absolute atomic E-state index is 14.1. The predicted molar refractivity (Wildman–Crippen MR) is 100.0 cm³/mol. The molecule has 0 atom stereocenters. The summed E-state index contributed by atoms with van der Waals surface area (Å²) in [6, 6.07) is 5.00. The zero-order valence-electron chi connectivity index (χ0n) is 12.4. The third-order valence-corrected chi connectivity index (χ3v) is 4.55. The molecule has 0 radical (unpaired) electrons. The molecule has 1 aromatic heterocycles. The van der Waals surface area contributed by atoms with E-state index in [0.29, 0.717) is 17.9 Å². The first kappa shape index (κ1) is 18.6. The van der Waals surface area contributed by atoms with Gasteiger partial charge in [0.25, 0.3) is 0 Å². The summed E-state index contributed by atoms with van der Waals surface area (Å²) >= 11 is 3.09. The van der Waals surface area contributed by atoms with E-state index < -0.39 is 9.62 Å². The van der Waals surface area contributed by atoms with E-state index in [1.807, 2.05) is 6.92 Å². The number of ether oxygens (including phenoxy) is 1. The first-order valence-electron chi connectivity index (χ1n) is 6.82. The van der Waals surface area contributed by atoms with E-state index in [2.05, 4.69) is 27.7 Å². The standard InChI is InChI=1S/C15H14F2I2N2O2/c1-3-4-12(22)10-8-20-21(14(10)15(16,17)19)9-5-6-13(23-2)11(18)7-9/h5-8H,3-4H2,1-2H3. The van der Waals surface area contributed by atoms with Crippen LogP contribution in [0.5, 0.6) is 5.75 Å². The van der Waals surface area contributed by atoms with Crippen molar-refractivity contribution >= 4 is 51.0 Å². The lowest BCUT2D eigenvalue weighted by Gasteiger charge is -2.15. The summed E-state index contributed by atoms with van der Waals surface area (Å²) in [6.45, 7) is 1.83. The van der Waals surface area contributed by atoms with E-state index >= 15 is 0 Å². The van der Waals surface area contributed by atoms with Gasteiger partial charge in [-0.15, -0.1) is 0 Å². The van der Waals surface area contributed by atoms with Crippen molar-refractivity contribution in [3.05, 3.63) is 39.2 Å². The molecule has 0 amide bonds. The highest BCUT2D eigenvalue weighted by atomic mass is 127. The molecule has 0 aliphatic rings. The Morgan fingerprint density at radius 3 is 2.65 bits per heavy atom. The van der Waals surface area contributed by atoms with Crippen LogP contribution in [0.25, 0.3) is 5.69 Å². The van der Waals surface area contributed by atoms with Gasteiger partial charge in [-0.3, -0.25) is 4.79 Å². The van der Waals surface area contributed by atoms with Crippen LogP contribution in [0.15, 0.2) is 24.4 Å². The molecule has 0 aliphatic heterocycles. The van der Waals surface area contributed by atoms with Crippen molar-refractivity contribution in [3.63, 3.8) is 0 Å². The number of alkyl halides is 3. The highest BCUT2D eigenvalue weighted by molar-refractivity contribution is 14.1. The highest BCUT2D eigenvalue weighted by Gasteiger charge is 2.37. The number of halogens is 4. The Bertz CT molecular complexity index is 727.